The number of benzene rings is 6. The Balaban J connectivity index is 1.13. The number of nitrogens with zero attached hydrogens (tertiary/aromatic N) is 1. The fraction of sp³-hybridized carbons (Fsp3) is 0.105. The minimum Gasteiger partial charge on any atom is -0.458 e. The number of para-hydroxylation sites is 2. The van der Waals surface area contributed by atoms with Crippen LogP contribution in [0.15, 0.2) is 228 Å². The van der Waals surface area contributed by atoms with E-state index in [1.165, 1.54) is 22.1 Å². The summed E-state index contributed by atoms with van der Waals surface area (Å²) in [6.45, 7) is 0.175. The zero-order chi connectivity index (χ0) is 41.2. The lowest BCUT2D eigenvalue weighted by Gasteiger charge is -2.29. The maximum absolute atomic E-state index is 14.0. The molecule has 0 bridgehead atoms. The number of hydrogen-bond acceptors (Lipinski definition) is 4. The molecule has 0 saturated carbocycles. The first-order chi connectivity index (χ1) is 30.2. The molecular weight excluding hydrogens is 747 g/mol. The van der Waals surface area contributed by atoms with Gasteiger partial charge in [0.25, 0.3) is 0 Å². The number of anilines is 2. The molecule has 0 N–H and O–H groups in total. The van der Waals surface area contributed by atoms with Crippen LogP contribution >= 0.6 is 0 Å². The fourth-order valence-electron chi connectivity index (χ4n) is 8.26. The van der Waals surface area contributed by atoms with Crippen LogP contribution in [0.3, 0.4) is 0 Å². The van der Waals surface area contributed by atoms with Crippen LogP contribution in [0.2, 0.25) is 0 Å². The van der Waals surface area contributed by atoms with Gasteiger partial charge in [0.15, 0.2) is 0 Å². The number of fused-ring (bicyclic) bond motifs is 4. The normalized spacial score (nSPS) is 15.8. The Kier molecular flexibility index (Phi) is 11.9. The Hall–Kier alpha value is -7.43. The van der Waals surface area contributed by atoms with Crippen LogP contribution in [0.1, 0.15) is 47.6 Å². The highest BCUT2D eigenvalue weighted by Crippen LogP contribution is 2.41. The van der Waals surface area contributed by atoms with Gasteiger partial charge in [0.05, 0.1) is 11.4 Å². The molecule has 6 aromatic carbocycles. The minimum atomic E-state index is -0.421. The van der Waals surface area contributed by atoms with Crippen molar-refractivity contribution in [1.29, 1.82) is 0 Å². The van der Waals surface area contributed by atoms with Crippen LogP contribution in [0, 0.1) is 0 Å². The lowest BCUT2D eigenvalue weighted by atomic mass is 9.92. The highest BCUT2D eigenvalue weighted by molar-refractivity contribution is 6.01. The van der Waals surface area contributed by atoms with Crippen LogP contribution in [0.5, 0.6) is 0 Å². The largest absolute Gasteiger partial charge is 0.458 e. The summed E-state index contributed by atoms with van der Waals surface area (Å²) in [6, 6.07) is 50.2. The highest BCUT2D eigenvalue weighted by atomic mass is 16.5. The highest BCUT2D eigenvalue weighted by Gasteiger charge is 2.21. The minimum absolute atomic E-state index is 0.175. The second-order valence-corrected chi connectivity index (χ2v) is 15.4. The Labute approximate surface area is 358 Å². The summed E-state index contributed by atoms with van der Waals surface area (Å²) >= 11 is 0. The lowest BCUT2D eigenvalue weighted by molar-refractivity contribution is -0.139. The van der Waals surface area contributed by atoms with Gasteiger partial charge in [-0.2, -0.15) is 0 Å². The molecule has 7 aromatic rings. The topological polar surface area (TPSA) is 42.7 Å². The molecule has 1 aromatic heterocycles. The van der Waals surface area contributed by atoms with E-state index < -0.39 is 5.97 Å². The van der Waals surface area contributed by atoms with E-state index in [2.05, 4.69) is 175 Å². The molecule has 0 aliphatic heterocycles. The molecule has 1 atom stereocenters. The summed E-state index contributed by atoms with van der Waals surface area (Å²) in [7, 11) is 0. The zero-order valence-corrected chi connectivity index (χ0v) is 34.1. The third kappa shape index (κ3) is 9.10. The van der Waals surface area contributed by atoms with Crippen LogP contribution in [-0.2, 0) is 22.6 Å². The van der Waals surface area contributed by atoms with Crippen molar-refractivity contribution in [1.82, 2.24) is 0 Å². The predicted octanol–water partition coefficient (Wildman–Crippen LogP) is 14.7. The molecule has 2 aliphatic rings. The van der Waals surface area contributed by atoms with E-state index in [1.54, 1.807) is 6.08 Å². The molecule has 1 heterocycles. The number of ether oxygens (including phenoxy) is 1. The van der Waals surface area contributed by atoms with Crippen molar-refractivity contribution >= 4 is 45.2 Å². The molecule has 0 fully saturated rings. The summed E-state index contributed by atoms with van der Waals surface area (Å²) in [6.07, 6.45) is 28.6. The maximum Gasteiger partial charge on any atom is 0.333 e. The second kappa shape index (κ2) is 18.7. The molecule has 0 spiro atoms. The Bertz CT molecular complexity index is 2880. The van der Waals surface area contributed by atoms with Crippen molar-refractivity contribution in [3.05, 3.63) is 246 Å². The summed E-state index contributed by atoms with van der Waals surface area (Å²) in [5.74, 6) is 0.795. The van der Waals surface area contributed by atoms with Crippen molar-refractivity contribution in [2.45, 2.75) is 38.2 Å². The third-order valence-corrected chi connectivity index (χ3v) is 11.3. The second-order valence-electron chi connectivity index (χ2n) is 15.4. The van der Waals surface area contributed by atoms with Gasteiger partial charge < -0.3 is 14.1 Å². The van der Waals surface area contributed by atoms with Gasteiger partial charge in [0.1, 0.15) is 18.0 Å². The van der Waals surface area contributed by atoms with E-state index in [-0.39, 0.29) is 6.61 Å². The molecule has 4 nitrogen and oxygen atoms in total. The molecule has 0 radical (unpaired) electrons. The van der Waals surface area contributed by atoms with Gasteiger partial charge in [0.2, 0.25) is 0 Å². The van der Waals surface area contributed by atoms with Gasteiger partial charge in [-0.1, -0.05) is 176 Å². The number of esters is 1. The standard InChI is InChI=1S/C57H47NO3/c59-57(60-41-43-19-5-1-6-20-43)40-48(26-16-21-42-18-4-2-9-32-56-53(39-34-42)52-29-13-15-33-55(52)61-56)58(47-37-35-45(36-38-47)44-22-7-3-8-23-44)54-31-14-12-28-51(54)50-30-17-25-46-24-10-11-27-49(46)50/h1,3-20,22,24-38,40,44H,2,21,23,39,41H2/b18-4?,26-16-,32-9-,42-34?,48-40+. The van der Waals surface area contributed by atoms with Crippen molar-refractivity contribution in [3.63, 3.8) is 0 Å². The number of rotatable bonds is 11. The van der Waals surface area contributed by atoms with Gasteiger partial charge in [0, 0.05) is 34.2 Å². The smallest absolute Gasteiger partial charge is 0.333 e. The number of carbonyl (C=O) groups excluding carboxylic acids is 1. The van der Waals surface area contributed by atoms with Crippen LogP contribution in [0.4, 0.5) is 11.4 Å². The summed E-state index contributed by atoms with van der Waals surface area (Å²) < 4.78 is 12.2. The number of hydrogen-bond donors (Lipinski definition) is 0. The number of allylic oxidation sites excluding steroid dienone is 11. The molecule has 2 aliphatic carbocycles. The molecule has 298 valence electrons. The van der Waals surface area contributed by atoms with Gasteiger partial charge in [-0.3, -0.25) is 0 Å². The average Bonchev–Trinajstić information content (AvgIpc) is 3.68. The van der Waals surface area contributed by atoms with E-state index >= 15 is 0 Å². The van der Waals surface area contributed by atoms with Gasteiger partial charge >= 0.3 is 5.97 Å². The molecule has 0 amide bonds. The quantitative estimate of drug-likeness (QED) is 0.0743. The van der Waals surface area contributed by atoms with Crippen molar-refractivity contribution in [2.24, 2.45) is 0 Å². The van der Waals surface area contributed by atoms with E-state index in [4.69, 9.17) is 9.15 Å². The summed E-state index contributed by atoms with van der Waals surface area (Å²) in [4.78, 5) is 16.2. The molecular formula is C57H47NO3. The van der Waals surface area contributed by atoms with E-state index in [0.29, 0.717) is 18.0 Å². The molecule has 1 unspecified atom stereocenters. The Morgan fingerprint density at radius 3 is 2.34 bits per heavy atom. The van der Waals surface area contributed by atoms with Gasteiger partial charge in [-0.05, 0) is 95.1 Å². The average molecular weight is 794 g/mol. The summed E-state index contributed by atoms with van der Waals surface area (Å²) in [5, 5.41) is 3.46. The van der Waals surface area contributed by atoms with Gasteiger partial charge in [-0.25, -0.2) is 4.79 Å². The monoisotopic (exact) mass is 793 g/mol. The molecule has 4 heteroatoms. The lowest BCUT2D eigenvalue weighted by Crippen LogP contribution is -2.18. The maximum atomic E-state index is 14.0. The predicted molar refractivity (Wildman–Crippen MR) is 252 cm³/mol. The molecule has 61 heavy (non-hydrogen) atoms. The van der Waals surface area contributed by atoms with E-state index in [1.807, 2.05) is 42.5 Å². The van der Waals surface area contributed by atoms with Crippen LogP contribution in [0.25, 0.3) is 38.9 Å². The number of carbonyl (C=O) groups is 1. The number of furan rings is 1. The Morgan fingerprint density at radius 2 is 1.48 bits per heavy atom. The third-order valence-electron chi connectivity index (χ3n) is 11.3. The van der Waals surface area contributed by atoms with Crippen LogP contribution < -0.4 is 4.90 Å². The van der Waals surface area contributed by atoms with Crippen molar-refractivity contribution < 1.29 is 13.9 Å². The van der Waals surface area contributed by atoms with Crippen molar-refractivity contribution in [2.75, 3.05) is 4.90 Å². The Morgan fingerprint density at radius 1 is 0.721 bits per heavy atom. The van der Waals surface area contributed by atoms with Crippen molar-refractivity contribution in [3.8, 4) is 11.1 Å². The van der Waals surface area contributed by atoms with E-state index in [0.717, 1.165) is 69.4 Å². The first kappa shape index (κ1) is 39.1. The fourth-order valence-corrected chi connectivity index (χ4v) is 8.26. The van der Waals surface area contributed by atoms with E-state index in [9.17, 15) is 4.79 Å². The first-order valence-electron chi connectivity index (χ1n) is 21.1. The van der Waals surface area contributed by atoms with Gasteiger partial charge in [-0.15, -0.1) is 0 Å². The molecule has 0 saturated heterocycles. The zero-order valence-electron chi connectivity index (χ0n) is 34.1. The summed E-state index contributed by atoms with van der Waals surface area (Å²) in [5.41, 5.74) is 10.2. The van der Waals surface area contributed by atoms with Crippen LogP contribution in [-0.4, -0.2) is 5.97 Å². The molecule has 9 rings (SSSR count). The first-order valence-corrected chi connectivity index (χ1v) is 21.1. The SMILES string of the molecule is O=C(/C=C(\C=C/CC1=CCc2c(oc3ccccc23)/C=C\CC=C1)N(c1ccc(C2C=CC=CC2)cc1)c1ccccc1-c1cccc2ccccc12)OCc1ccccc1.